The second-order valence-corrected chi connectivity index (χ2v) is 11.8. The third kappa shape index (κ3) is 6.36. The van der Waals surface area contributed by atoms with Crippen molar-refractivity contribution in [3.05, 3.63) is 82.0 Å². The predicted octanol–water partition coefficient (Wildman–Crippen LogP) is 7.12. The van der Waals surface area contributed by atoms with Gasteiger partial charge in [0.2, 0.25) is 0 Å². The summed E-state index contributed by atoms with van der Waals surface area (Å²) < 4.78 is 67.1. The number of hydrogen-bond acceptors (Lipinski definition) is 6. The van der Waals surface area contributed by atoms with Crippen molar-refractivity contribution < 1.29 is 41.7 Å². The van der Waals surface area contributed by atoms with Crippen molar-refractivity contribution in [1.29, 1.82) is 0 Å². The molecule has 0 bridgehead atoms. The lowest BCUT2D eigenvalue weighted by atomic mass is 9.83. The van der Waals surface area contributed by atoms with Gasteiger partial charge in [-0.25, -0.2) is 4.79 Å². The molecule has 2 aliphatic heterocycles. The SMILES string of the molecule is COc1cc2c(c3c1C[C@@H](OC(=O)[C@](OC)(c1ccccc1)C(F)(F)F)[C@](C)(CC/C=C(\C)CCC=C(C)C)O3)CNC2=O. The second kappa shape index (κ2) is 13.1. The number of methoxy groups -OCH3 is 2. The number of carbonyl (C=O) groups excluding carboxylic acids is 2. The van der Waals surface area contributed by atoms with Crippen LogP contribution >= 0.6 is 0 Å². The van der Waals surface area contributed by atoms with E-state index in [2.05, 4.69) is 17.5 Å². The fraction of sp³-hybridized carbons (Fsp3) is 0.471. The molecular weight excluding hydrogens is 575 g/mol. The standard InChI is InChI=1S/C34H40F3NO6/c1-21(2)12-10-13-22(3)14-11-17-32(4)28(19-25-27(41-5)18-24-26(29(25)44-32)20-38-30(24)39)43-31(40)33(42-6,34(35,36)37)23-15-8-7-9-16-23/h7-9,12,14-16,18,28H,10-11,13,17,19-20H2,1-6H3,(H,38,39)/b22-14+/t28-,32+,33-/m1/s1. The lowest BCUT2D eigenvalue weighted by Gasteiger charge is -2.44. The van der Waals surface area contributed by atoms with Crippen molar-refractivity contribution in [2.24, 2.45) is 0 Å². The van der Waals surface area contributed by atoms with Crippen LogP contribution in [0.5, 0.6) is 11.5 Å². The Morgan fingerprint density at radius 3 is 2.41 bits per heavy atom. The van der Waals surface area contributed by atoms with E-state index in [1.807, 2.05) is 20.8 Å². The van der Waals surface area contributed by atoms with Gasteiger partial charge in [-0.05, 0) is 59.4 Å². The quantitative estimate of drug-likeness (QED) is 0.214. The fourth-order valence-electron chi connectivity index (χ4n) is 5.84. The molecule has 7 nitrogen and oxygen atoms in total. The molecule has 0 radical (unpaired) electrons. The van der Waals surface area contributed by atoms with Gasteiger partial charge in [0.1, 0.15) is 23.2 Å². The molecule has 238 valence electrons. The summed E-state index contributed by atoms with van der Waals surface area (Å²) in [6.45, 7) is 8.08. The largest absolute Gasteiger partial charge is 0.496 e. The van der Waals surface area contributed by atoms with Crippen LogP contribution < -0.4 is 14.8 Å². The minimum absolute atomic E-state index is 0.0118. The van der Waals surface area contributed by atoms with Crippen molar-refractivity contribution in [2.45, 2.75) is 89.8 Å². The highest BCUT2D eigenvalue weighted by Crippen LogP contribution is 2.48. The van der Waals surface area contributed by atoms with Gasteiger partial charge in [-0.3, -0.25) is 4.79 Å². The molecular formula is C34H40F3NO6. The van der Waals surface area contributed by atoms with Gasteiger partial charge in [0.05, 0.1) is 12.7 Å². The fourth-order valence-corrected chi connectivity index (χ4v) is 5.84. The summed E-state index contributed by atoms with van der Waals surface area (Å²) in [5, 5.41) is 2.79. The van der Waals surface area contributed by atoms with E-state index in [-0.39, 0.29) is 18.9 Å². The van der Waals surface area contributed by atoms with E-state index in [1.165, 1.54) is 36.9 Å². The van der Waals surface area contributed by atoms with E-state index >= 15 is 0 Å². The molecule has 2 heterocycles. The molecule has 1 amide bonds. The summed E-state index contributed by atoms with van der Waals surface area (Å²) in [4.78, 5) is 26.2. The normalized spacial score (nSPS) is 20.9. The number of allylic oxidation sites excluding steroid dienone is 4. The maximum atomic E-state index is 14.7. The number of halogens is 3. The highest BCUT2D eigenvalue weighted by atomic mass is 19.4. The van der Waals surface area contributed by atoms with Crippen LogP contribution in [-0.4, -0.2) is 44.0 Å². The lowest BCUT2D eigenvalue weighted by Crippen LogP contribution is -2.57. The highest BCUT2D eigenvalue weighted by molar-refractivity contribution is 6.00. The molecule has 44 heavy (non-hydrogen) atoms. The zero-order chi connectivity index (χ0) is 32.3. The van der Waals surface area contributed by atoms with Crippen LogP contribution in [0.2, 0.25) is 0 Å². The van der Waals surface area contributed by atoms with Gasteiger partial charge in [-0.15, -0.1) is 0 Å². The van der Waals surface area contributed by atoms with E-state index in [0.29, 0.717) is 41.0 Å². The van der Waals surface area contributed by atoms with Crippen molar-refractivity contribution in [2.75, 3.05) is 14.2 Å². The number of hydrogen-bond donors (Lipinski definition) is 1. The molecule has 0 spiro atoms. The number of fused-ring (bicyclic) bond motifs is 3. The van der Waals surface area contributed by atoms with Crippen LogP contribution in [0.4, 0.5) is 13.2 Å². The summed E-state index contributed by atoms with van der Waals surface area (Å²) in [6.07, 6.45) is 0.593. The van der Waals surface area contributed by atoms with Gasteiger partial charge >= 0.3 is 12.1 Å². The summed E-state index contributed by atoms with van der Waals surface area (Å²) in [5.74, 6) is -1.11. The number of carbonyl (C=O) groups is 2. The van der Waals surface area contributed by atoms with Crippen LogP contribution in [0.25, 0.3) is 0 Å². The first-order chi connectivity index (χ1) is 20.8. The average molecular weight is 616 g/mol. The monoisotopic (exact) mass is 615 g/mol. The summed E-state index contributed by atoms with van der Waals surface area (Å²) >= 11 is 0. The predicted molar refractivity (Wildman–Crippen MR) is 160 cm³/mol. The Morgan fingerprint density at radius 1 is 1.09 bits per heavy atom. The first kappa shape index (κ1) is 33.1. The van der Waals surface area contributed by atoms with Crippen molar-refractivity contribution in [3.8, 4) is 11.5 Å². The summed E-state index contributed by atoms with van der Waals surface area (Å²) in [7, 11) is 2.27. The third-order valence-corrected chi connectivity index (χ3v) is 8.39. The Hall–Kier alpha value is -3.79. The smallest absolute Gasteiger partial charge is 0.432 e. The van der Waals surface area contributed by atoms with Crippen LogP contribution in [0.15, 0.2) is 59.7 Å². The van der Waals surface area contributed by atoms with E-state index in [0.717, 1.165) is 25.5 Å². The molecule has 0 saturated carbocycles. The zero-order valence-electron chi connectivity index (χ0n) is 26.0. The van der Waals surface area contributed by atoms with Crippen molar-refractivity contribution in [3.63, 3.8) is 0 Å². The van der Waals surface area contributed by atoms with Gasteiger partial charge in [-0.2, -0.15) is 13.2 Å². The van der Waals surface area contributed by atoms with E-state index < -0.39 is 35.0 Å². The molecule has 0 unspecified atom stereocenters. The van der Waals surface area contributed by atoms with Crippen molar-refractivity contribution in [1.82, 2.24) is 5.32 Å². The van der Waals surface area contributed by atoms with Gasteiger partial charge in [-0.1, -0.05) is 53.6 Å². The molecule has 0 aliphatic carbocycles. The number of alkyl halides is 3. The highest BCUT2D eigenvalue weighted by Gasteiger charge is 2.65. The maximum absolute atomic E-state index is 14.7. The van der Waals surface area contributed by atoms with Gasteiger partial charge < -0.3 is 24.3 Å². The van der Waals surface area contributed by atoms with Crippen molar-refractivity contribution >= 4 is 11.9 Å². The zero-order valence-corrected chi connectivity index (χ0v) is 26.0. The van der Waals surface area contributed by atoms with E-state index in [1.54, 1.807) is 19.1 Å². The number of nitrogens with one attached hydrogen (secondary N) is 1. The molecule has 2 aliphatic rings. The summed E-state index contributed by atoms with van der Waals surface area (Å²) in [5.41, 5.74) is -1.03. The van der Waals surface area contributed by atoms with Crippen LogP contribution in [0.3, 0.4) is 0 Å². The Kier molecular flexibility index (Phi) is 9.83. The molecule has 0 fully saturated rings. The molecule has 0 aromatic heterocycles. The molecule has 2 aromatic rings. The van der Waals surface area contributed by atoms with Gasteiger partial charge in [0.25, 0.3) is 11.5 Å². The molecule has 4 rings (SSSR count). The topological polar surface area (TPSA) is 83.1 Å². The number of esters is 1. The van der Waals surface area contributed by atoms with Crippen LogP contribution in [0, 0.1) is 0 Å². The Morgan fingerprint density at radius 2 is 1.80 bits per heavy atom. The van der Waals surface area contributed by atoms with Crippen LogP contribution in [-0.2, 0) is 32.8 Å². The second-order valence-electron chi connectivity index (χ2n) is 11.8. The minimum atomic E-state index is -5.13. The Bertz CT molecular complexity index is 1450. The number of rotatable bonds is 11. The van der Waals surface area contributed by atoms with Gasteiger partial charge in [0, 0.05) is 36.8 Å². The maximum Gasteiger partial charge on any atom is 0.432 e. The molecule has 1 N–H and O–H groups in total. The lowest BCUT2D eigenvalue weighted by molar-refractivity contribution is -0.281. The van der Waals surface area contributed by atoms with E-state index in [4.69, 9.17) is 18.9 Å². The van der Waals surface area contributed by atoms with Gasteiger partial charge in [0.15, 0.2) is 0 Å². The number of amides is 1. The first-order valence-electron chi connectivity index (χ1n) is 14.6. The summed E-state index contributed by atoms with van der Waals surface area (Å²) in [6, 6.07) is 8.30. The number of ether oxygens (including phenoxy) is 4. The average Bonchev–Trinajstić information content (AvgIpc) is 3.33. The third-order valence-electron chi connectivity index (χ3n) is 8.39. The van der Waals surface area contributed by atoms with E-state index in [9.17, 15) is 22.8 Å². The Labute approximate surface area is 256 Å². The minimum Gasteiger partial charge on any atom is -0.496 e. The first-order valence-corrected chi connectivity index (χ1v) is 14.6. The molecule has 2 aromatic carbocycles. The van der Waals surface area contributed by atoms with Crippen LogP contribution in [0.1, 0.15) is 80.4 Å². The molecule has 0 saturated heterocycles. The Balaban J connectivity index is 1.73. The molecule has 10 heteroatoms. The number of benzene rings is 2. The molecule has 3 atom stereocenters.